The molecule has 2 aliphatic heterocycles. The van der Waals surface area contributed by atoms with Gasteiger partial charge in [-0.3, -0.25) is 14.9 Å². The minimum absolute atomic E-state index is 0.101. The van der Waals surface area contributed by atoms with Crippen LogP contribution in [-0.2, 0) is 9.59 Å². The Morgan fingerprint density at radius 3 is 2.54 bits per heavy atom. The van der Waals surface area contributed by atoms with Crippen LogP contribution in [0.25, 0.3) is 10.9 Å². The van der Waals surface area contributed by atoms with Crippen LogP contribution in [0.4, 0.5) is 4.79 Å². The highest BCUT2D eigenvalue weighted by atomic mass is 16.2. The molecule has 1 atom stereocenters. The molecule has 2 aromatic rings. The number of nitrogens with zero attached hydrogens (tertiary/aromatic N) is 1. The summed E-state index contributed by atoms with van der Waals surface area (Å²) in [5, 5.41) is 6.21. The number of piperidine rings is 1. The molecule has 2 aliphatic rings. The van der Waals surface area contributed by atoms with E-state index in [1.165, 1.54) is 5.56 Å². The van der Waals surface area contributed by atoms with Gasteiger partial charge in [0.25, 0.3) is 5.91 Å². The maximum absolute atomic E-state index is 13.0. The lowest BCUT2D eigenvalue weighted by atomic mass is 9.84. The molecule has 28 heavy (non-hydrogen) atoms. The molecule has 0 unspecified atom stereocenters. The molecule has 1 aromatic carbocycles. The lowest BCUT2D eigenvalue weighted by molar-refractivity contribution is -0.136. The molecule has 2 saturated heterocycles. The first-order valence-corrected chi connectivity index (χ1v) is 9.87. The Hall–Kier alpha value is -2.83. The topological polar surface area (TPSA) is 94.3 Å². The number of carbonyl (C=O) groups is 3. The first-order chi connectivity index (χ1) is 13.4. The van der Waals surface area contributed by atoms with Crippen molar-refractivity contribution in [3.63, 3.8) is 0 Å². The monoisotopic (exact) mass is 382 g/mol. The molecule has 4 rings (SSSR count). The highest BCUT2D eigenvalue weighted by Crippen LogP contribution is 2.34. The van der Waals surface area contributed by atoms with E-state index in [-0.39, 0.29) is 17.7 Å². The van der Waals surface area contributed by atoms with Crippen LogP contribution in [0.15, 0.2) is 30.5 Å². The van der Waals surface area contributed by atoms with Gasteiger partial charge in [0.2, 0.25) is 5.91 Å². The third-order valence-corrected chi connectivity index (χ3v) is 6.20. The lowest BCUT2D eigenvalue weighted by Crippen LogP contribution is -2.55. The number of fused-ring (bicyclic) bond motifs is 1. The molecule has 0 radical (unpaired) electrons. The Kier molecular flexibility index (Phi) is 4.61. The van der Waals surface area contributed by atoms with Gasteiger partial charge in [-0.1, -0.05) is 32.0 Å². The molecule has 7 nitrogen and oxygen atoms in total. The molecule has 3 heterocycles. The summed E-state index contributed by atoms with van der Waals surface area (Å²) in [5.74, 6) is 0.264. The lowest BCUT2D eigenvalue weighted by Gasteiger charge is -2.37. The number of aromatic nitrogens is 1. The van der Waals surface area contributed by atoms with Crippen molar-refractivity contribution >= 4 is 28.7 Å². The first kappa shape index (κ1) is 18.5. The van der Waals surface area contributed by atoms with Crippen LogP contribution >= 0.6 is 0 Å². The van der Waals surface area contributed by atoms with E-state index in [4.69, 9.17) is 0 Å². The number of nitrogens with one attached hydrogen (secondary N) is 3. The molecule has 0 saturated carbocycles. The molecular formula is C21H26N4O3. The average Bonchev–Trinajstić information content (AvgIpc) is 3.21. The summed E-state index contributed by atoms with van der Waals surface area (Å²) in [7, 11) is 0. The Morgan fingerprint density at radius 2 is 1.89 bits per heavy atom. The van der Waals surface area contributed by atoms with Crippen LogP contribution in [0.1, 0.15) is 44.6 Å². The predicted octanol–water partition coefficient (Wildman–Crippen LogP) is 2.50. The highest BCUT2D eigenvalue weighted by Gasteiger charge is 2.48. The fourth-order valence-electron chi connectivity index (χ4n) is 4.44. The number of carbonyl (C=O) groups excluding carboxylic acids is 3. The zero-order valence-electron chi connectivity index (χ0n) is 16.2. The number of H-pyrrole nitrogens is 1. The molecule has 0 bridgehead atoms. The third-order valence-electron chi connectivity index (χ3n) is 6.20. The van der Waals surface area contributed by atoms with Crippen molar-refractivity contribution in [2.75, 3.05) is 13.1 Å². The molecule has 148 valence electrons. The second-order valence-electron chi connectivity index (χ2n) is 8.22. The summed E-state index contributed by atoms with van der Waals surface area (Å²) >= 11 is 0. The summed E-state index contributed by atoms with van der Waals surface area (Å²) < 4.78 is 0. The summed E-state index contributed by atoms with van der Waals surface area (Å²) in [6.45, 7) is 5.24. The van der Waals surface area contributed by atoms with Gasteiger partial charge in [-0.15, -0.1) is 0 Å². The van der Waals surface area contributed by atoms with Crippen LogP contribution < -0.4 is 10.6 Å². The van der Waals surface area contributed by atoms with E-state index in [0.717, 1.165) is 10.9 Å². The standard InChI is InChI=1S/C21H26N4O3/c1-13(2)15(16-12-22-17-6-4-3-5-14(16)17)11-18(26)25-9-7-21(8-10-25)19(27)23-20(28)24-21/h3-6,12-13,15,22H,7-11H2,1-2H3,(H2,23,24,27,28)/t15-/m1/s1. The van der Waals surface area contributed by atoms with Crippen molar-refractivity contribution in [2.24, 2.45) is 5.92 Å². The number of urea groups is 1. The molecule has 0 aliphatic carbocycles. The number of aromatic amines is 1. The van der Waals surface area contributed by atoms with Crippen molar-refractivity contribution in [2.45, 2.75) is 44.6 Å². The fourth-order valence-corrected chi connectivity index (χ4v) is 4.44. The Labute approximate surface area is 163 Å². The minimum atomic E-state index is -0.845. The van der Waals surface area contributed by atoms with Gasteiger partial charge >= 0.3 is 6.03 Å². The SMILES string of the molecule is CC(C)[C@@H](CC(=O)N1CCC2(CC1)NC(=O)NC2=O)c1c[nH]c2ccccc12. The normalized spacial score (nSPS) is 19.9. The number of rotatable bonds is 4. The van der Waals surface area contributed by atoms with Gasteiger partial charge in [0.15, 0.2) is 0 Å². The van der Waals surface area contributed by atoms with Gasteiger partial charge in [0, 0.05) is 36.6 Å². The number of likely N-dealkylation sites (tertiary alicyclic amines) is 1. The average molecular weight is 382 g/mol. The van der Waals surface area contributed by atoms with E-state index in [1.807, 2.05) is 29.3 Å². The van der Waals surface area contributed by atoms with Crippen molar-refractivity contribution in [3.05, 3.63) is 36.0 Å². The molecule has 3 N–H and O–H groups in total. The molecule has 2 fully saturated rings. The highest BCUT2D eigenvalue weighted by molar-refractivity contribution is 6.07. The molecule has 1 spiro atoms. The van der Waals surface area contributed by atoms with Gasteiger partial charge in [-0.25, -0.2) is 4.79 Å². The quantitative estimate of drug-likeness (QED) is 0.709. The minimum Gasteiger partial charge on any atom is -0.361 e. The molecule has 4 amide bonds. The van der Waals surface area contributed by atoms with Crippen LogP contribution in [0.3, 0.4) is 0 Å². The van der Waals surface area contributed by atoms with Crippen molar-refractivity contribution in [1.29, 1.82) is 0 Å². The van der Waals surface area contributed by atoms with E-state index in [2.05, 4.69) is 35.5 Å². The number of hydrogen-bond acceptors (Lipinski definition) is 3. The zero-order valence-corrected chi connectivity index (χ0v) is 16.2. The van der Waals surface area contributed by atoms with Gasteiger partial charge in [0.1, 0.15) is 5.54 Å². The van der Waals surface area contributed by atoms with Crippen LogP contribution in [0, 0.1) is 5.92 Å². The van der Waals surface area contributed by atoms with E-state index in [0.29, 0.717) is 38.3 Å². The number of imide groups is 1. The zero-order chi connectivity index (χ0) is 19.9. The van der Waals surface area contributed by atoms with Crippen LogP contribution in [0.5, 0.6) is 0 Å². The van der Waals surface area contributed by atoms with Gasteiger partial charge in [-0.05, 0) is 36.3 Å². The number of benzene rings is 1. The van der Waals surface area contributed by atoms with E-state index in [1.54, 1.807) is 0 Å². The largest absolute Gasteiger partial charge is 0.361 e. The van der Waals surface area contributed by atoms with Gasteiger partial charge in [0.05, 0.1) is 0 Å². The summed E-state index contributed by atoms with van der Waals surface area (Å²) in [6.07, 6.45) is 3.36. The number of para-hydroxylation sites is 1. The third kappa shape index (κ3) is 3.15. The van der Waals surface area contributed by atoms with Crippen molar-refractivity contribution in [3.8, 4) is 0 Å². The van der Waals surface area contributed by atoms with E-state index in [9.17, 15) is 14.4 Å². The second kappa shape index (κ2) is 6.96. The fraction of sp³-hybridized carbons (Fsp3) is 0.476. The second-order valence-corrected chi connectivity index (χ2v) is 8.22. The van der Waals surface area contributed by atoms with Crippen molar-refractivity contribution in [1.82, 2.24) is 20.5 Å². The van der Waals surface area contributed by atoms with E-state index < -0.39 is 11.6 Å². The van der Waals surface area contributed by atoms with Crippen LogP contribution in [-0.4, -0.2) is 46.4 Å². The predicted molar refractivity (Wildman–Crippen MR) is 106 cm³/mol. The number of hydrogen-bond donors (Lipinski definition) is 3. The maximum Gasteiger partial charge on any atom is 0.322 e. The summed E-state index contributed by atoms with van der Waals surface area (Å²) in [4.78, 5) is 41.7. The molecule has 7 heteroatoms. The molecule has 1 aromatic heterocycles. The summed E-state index contributed by atoms with van der Waals surface area (Å²) in [5.41, 5.74) is 1.41. The van der Waals surface area contributed by atoms with Gasteiger partial charge < -0.3 is 15.2 Å². The summed E-state index contributed by atoms with van der Waals surface area (Å²) in [6, 6.07) is 7.71. The van der Waals surface area contributed by atoms with Gasteiger partial charge in [-0.2, -0.15) is 0 Å². The Morgan fingerprint density at radius 1 is 1.18 bits per heavy atom. The molecular weight excluding hydrogens is 356 g/mol. The maximum atomic E-state index is 13.0. The van der Waals surface area contributed by atoms with Crippen LogP contribution in [0.2, 0.25) is 0 Å². The Balaban J connectivity index is 1.46. The smallest absolute Gasteiger partial charge is 0.322 e. The number of amides is 4. The Bertz CT molecular complexity index is 925. The van der Waals surface area contributed by atoms with E-state index >= 15 is 0 Å². The first-order valence-electron chi connectivity index (χ1n) is 9.87. The van der Waals surface area contributed by atoms with Crippen molar-refractivity contribution < 1.29 is 14.4 Å².